The van der Waals surface area contributed by atoms with E-state index in [0.29, 0.717) is 23.0 Å². The molecule has 20 heavy (non-hydrogen) atoms. The van der Waals surface area contributed by atoms with E-state index in [1.807, 2.05) is 12.1 Å². The van der Waals surface area contributed by atoms with Crippen molar-refractivity contribution < 1.29 is 9.53 Å². The molecule has 0 saturated heterocycles. The lowest BCUT2D eigenvalue weighted by Gasteiger charge is -2.11. The Morgan fingerprint density at radius 3 is 2.95 bits per heavy atom. The molecular formula is C14H14ClN3O2. The molecule has 0 unspecified atom stereocenters. The fourth-order valence-corrected chi connectivity index (χ4v) is 1.80. The van der Waals surface area contributed by atoms with E-state index in [4.69, 9.17) is 16.3 Å². The van der Waals surface area contributed by atoms with Gasteiger partial charge in [-0.05, 0) is 29.8 Å². The molecule has 2 aromatic rings. The Kier molecular flexibility index (Phi) is 4.79. The molecule has 6 heteroatoms. The van der Waals surface area contributed by atoms with Gasteiger partial charge in [0.2, 0.25) is 0 Å². The summed E-state index contributed by atoms with van der Waals surface area (Å²) in [5, 5.41) is 5.94. The average molecular weight is 292 g/mol. The summed E-state index contributed by atoms with van der Waals surface area (Å²) in [5.41, 5.74) is 1.43. The second-order valence-electron chi connectivity index (χ2n) is 4.01. The highest BCUT2D eigenvalue weighted by atomic mass is 35.5. The number of carbonyl (C=O) groups excluding carboxylic acids is 1. The van der Waals surface area contributed by atoms with Crippen LogP contribution in [0.3, 0.4) is 0 Å². The largest absolute Gasteiger partial charge is 0.495 e. The molecule has 2 rings (SSSR count). The standard InChI is InChI=1S/C14H14ClN3O2/c1-20-13-5-4-11(15)7-12(13)18-14(19)17-9-10-3-2-6-16-8-10/h2-8H,9H2,1H3,(H2,17,18,19). The summed E-state index contributed by atoms with van der Waals surface area (Å²) in [7, 11) is 1.53. The Morgan fingerprint density at radius 1 is 1.40 bits per heavy atom. The van der Waals surface area contributed by atoms with Gasteiger partial charge in [0.25, 0.3) is 0 Å². The Labute approximate surface area is 121 Å². The van der Waals surface area contributed by atoms with Crippen LogP contribution in [-0.4, -0.2) is 18.1 Å². The van der Waals surface area contributed by atoms with E-state index in [9.17, 15) is 4.79 Å². The van der Waals surface area contributed by atoms with Gasteiger partial charge in [-0.2, -0.15) is 0 Å². The van der Waals surface area contributed by atoms with Gasteiger partial charge >= 0.3 is 6.03 Å². The number of anilines is 1. The van der Waals surface area contributed by atoms with Crippen molar-refractivity contribution >= 4 is 23.3 Å². The van der Waals surface area contributed by atoms with E-state index in [1.54, 1.807) is 30.6 Å². The highest BCUT2D eigenvalue weighted by Crippen LogP contribution is 2.27. The number of hydrogen-bond donors (Lipinski definition) is 2. The number of amides is 2. The van der Waals surface area contributed by atoms with E-state index in [1.165, 1.54) is 7.11 Å². The first-order valence-electron chi connectivity index (χ1n) is 5.96. The molecular weight excluding hydrogens is 278 g/mol. The van der Waals surface area contributed by atoms with Crippen molar-refractivity contribution in [3.05, 3.63) is 53.3 Å². The van der Waals surface area contributed by atoms with E-state index in [0.717, 1.165) is 5.56 Å². The molecule has 0 radical (unpaired) electrons. The number of halogens is 1. The number of nitrogens with zero attached hydrogens (tertiary/aromatic N) is 1. The van der Waals surface area contributed by atoms with Crippen LogP contribution in [0.5, 0.6) is 5.75 Å². The Bertz CT molecular complexity index is 590. The van der Waals surface area contributed by atoms with Crippen LogP contribution in [-0.2, 0) is 6.54 Å². The molecule has 1 aromatic carbocycles. The number of nitrogens with one attached hydrogen (secondary N) is 2. The van der Waals surface area contributed by atoms with Crippen molar-refractivity contribution in [1.82, 2.24) is 10.3 Å². The van der Waals surface area contributed by atoms with Crippen LogP contribution in [0.2, 0.25) is 5.02 Å². The quantitative estimate of drug-likeness (QED) is 0.910. The average Bonchev–Trinajstić information content (AvgIpc) is 2.46. The molecule has 0 aliphatic rings. The smallest absolute Gasteiger partial charge is 0.319 e. The molecule has 0 atom stereocenters. The minimum atomic E-state index is -0.339. The normalized spacial score (nSPS) is 9.90. The summed E-state index contributed by atoms with van der Waals surface area (Å²) in [6, 6.07) is 8.37. The van der Waals surface area contributed by atoms with Crippen molar-refractivity contribution in [3.8, 4) is 5.75 Å². The van der Waals surface area contributed by atoms with Crippen LogP contribution in [0.4, 0.5) is 10.5 Å². The lowest BCUT2D eigenvalue weighted by atomic mass is 10.3. The summed E-state index contributed by atoms with van der Waals surface area (Å²) < 4.78 is 5.15. The van der Waals surface area contributed by atoms with Crippen molar-refractivity contribution in [2.45, 2.75) is 6.54 Å². The molecule has 0 bridgehead atoms. The lowest BCUT2D eigenvalue weighted by molar-refractivity contribution is 0.251. The minimum absolute atomic E-state index is 0.339. The van der Waals surface area contributed by atoms with Crippen LogP contribution in [0, 0.1) is 0 Å². The maximum atomic E-state index is 11.8. The van der Waals surface area contributed by atoms with Crippen molar-refractivity contribution in [2.75, 3.05) is 12.4 Å². The molecule has 1 heterocycles. The summed E-state index contributed by atoms with van der Waals surface area (Å²) >= 11 is 5.89. The molecule has 0 spiro atoms. The van der Waals surface area contributed by atoms with Gasteiger partial charge in [-0.15, -0.1) is 0 Å². The predicted molar refractivity (Wildman–Crippen MR) is 78.1 cm³/mol. The number of benzene rings is 1. The Balaban J connectivity index is 1.96. The molecule has 0 aliphatic carbocycles. The van der Waals surface area contributed by atoms with E-state index >= 15 is 0 Å². The fraction of sp³-hybridized carbons (Fsp3) is 0.143. The van der Waals surface area contributed by atoms with E-state index < -0.39 is 0 Å². The summed E-state index contributed by atoms with van der Waals surface area (Å²) in [6.45, 7) is 0.391. The third-order valence-corrected chi connectivity index (χ3v) is 2.82. The number of rotatable bonds is 4. The molecule has 104 valence electrons. The van der Waals surface area contributed by atoms with Crippen molar-refractivity contribution in [2.24, 2.45) is 0 Å². The Hall–Kier alpha value is -2.27. The zero-order valence-electron chi connectivity index (χ0n) is 10.9. The molecule has 5 nitrogen and oxygen atoms in total. The monoisotopic (exact) mass is 291 g/mol. The van der Waals surface area contributed by atoms with Crippen LogP contribution in [0.25, 0.3) is 0 Å². The Morgan fingerprint density at radius 2 is 2.25 bits per heavy atom. The first kappa shape index (κ1) is 14.1. The second-order valence-corrected chi connectivity index (χ2v) is 4.45. The SMILES string of the molecule is COc1ccc(Cl)cc1NC(=O)NCc1cccnc1. The molecule has 2 amide bonds. The molecule has 1 aromatic heterocycles. The van der Waals surface area contributed by atoms with Gasteiger partial charge in [0.15, 0.2) is 0 Å². The number of carbonyl (C=O) groups is 1. The maximum absolute atomic E-state index is 11.8. The van der Waals surface area contributed by atoms with Crippen LogP contribution in [0.1, 0.15) is 5.56 Å². The van der Waals surface area contributed by atoms with Crippen LogP contribution < -0.4 is 15.4 Å². The predicted octanol–water partition coefficient (Wildman–Crippen LogP) is 3.07. The zero-order chi connectivity index (χ0) is 14.4. The zero-order valence-corrected chi connectivity index (χ0v) is 11.6. The van der Waals surface area contributed by atoms with Crippen molar-refractivity contribution in [3.63, 3.8) is 0 Å². The topological polar surface area (TPSA) is 63.2 Å². The van der Waals surface area contributed by atoms with Crippen molar-refractivity contribution in [1.29, 1.82) is 0 Å². The minimum Gasteiger partial charge on any atom is -0.495 e. The first-order valence-corrected chi connectivity index (χ1v) is 6.34. The van der Waals surface area contributed by atoms with Gasteiger partial charge < -0.3 is 15.4 Å². The third kappa shape index (κ3) is 3.86. The molecule has 2 N–H and O–H groups in total. The van der Waals surface area contributed by atoms with Gasteiger partial charge in [-0.25, -0.2) is 4.79 Å². The highest BCUT2D eigenvalue weighted by molar-refractivity contribution is 6.31. The van der Waals surface area contributed by atoms with Gasteiger partial charge in [0.1, 0.15) is 5.75 Å². The fourth-order valence-electron chi connectivity index (χ4n) is 1.63. The number of ether oxygens (including phenoxy) is 1. The summed E-state index contributed by atoms with van der Waals surface area (Å²) in [6.07, 6.45) is 3.38. The third-order valence-electron chi connectivity index (χ3n) is 2.59. The number of hydrogen-bond acceptors (Lipinski definition) is 3. The van der Waals surface area contributed by atoms with E-state index in [2.05, 4.69) is 15.6 Å². The summed E-state index contributed by atoms with van der Waals surface area (Å²) in [4.78, 5) is 15.8. The van der Waals surface area contributed by atoms with Crippen LogP contribution in [0.15, 0.2) is 42.7 Å². The van der Waals surface area contributed by atoms with Gasteiger partial charge in [0, 0.05) is 24.0 Å². The van der Waals surface area contributed by atoms with Crippen LogP contribution >= 0.6 is 11.6 Å². The highest BCUT2D eigenvalue weighted by Gasteiger charge is 2.07. The van der Waals surface area contributed by atoms with E-state index in [-0.39, 0.29) is 6.03 Å². The summed E-state index contributed by atoms with van der Waals surface area (Å²) in [5.74, 6) is 0.547. The molecule has 0 fully saturated rings. The lowest BCUT2D eigenvalue weighted by Crippen LogP contribution is -2.28. The maximum Gasteiger partial charge on any atom is 0.319 e. The number of methoxy groups -OCH3 is 1. The molecule has 0 saturated carbocycles. The van der Waals surface area contributed by atoms with Gasteiger partial charge in [0.05, 0.1) is 12.8 Å². The van der Waals surface area contributed by atoms with Gasteiger partial charge in [-0.3, -0.25) is 4.98 Å². The number of pyridine rings is 1. The first-order chi connectivity index (χ1) is 9.69. The molecule has 0 aliphatic heterocycles. The second kappa shape index (κ2) is 6.77. The number of urea groups is 1. The van der Waals surface area contributed by atoms with Gasteiger partial charge in [-0.1, -0.05) is 17.7 Å². The number of aromatic nitrogens is 1.